The average Bonchev–Trinajstić information content (AvgIpc) is 2.38. The van der Waals surface area contributed by atoms with Crippen LogP contribution < -0.4 is 0 Å². The van der Waals surface area contributed by atoms with Crippen molar-refractivity contribution in [1.29, 1.82) is 0 Å². The quantitative estimate of drug-likeness (QED) is 0.610. The van der Waals surface area contributed by atoms with E-state index in [-0.39, 0.29) is 11.4 Å². The Labute approximate surface area is 109 Å². The highest BCUT2D eigenvalue weighted by molar-refractivity contribution is 5.83. The molecule has 0 amide bonds. The Morgan fingerprint density at radius 3 is 2.78 bits per heavy atom. The van der Waals surface area contributed by atoms with E-state index in [4.69, 9.17) is 4.74 Å². The van der Waals surface area contributed by atoms with Crippen LogP contribution in [-0.4, -0.2) is 12.6 Å². The molecule has 1 saturated carbocycles. The molecule has 1 atom stereocenters. The Hall–Kier alpha value is -1.05. The van der Waals surface area contributed by atoms with Gasteiger partial charge in [-0.2, -0.15) is 0 Å². The van der Waals surface area contributed by atoms with Crippen molar-refractivity contribution in [3.8, 4) is 0 Å². The third-order valence-corrected chi connectivity index (χ3v) is 5.25. The van der Waals surface area contributed by atoms with Crippen LogP contribution in [0.4, 0.5) is 0 Å². The molecule has 0 N–H and O–H groups in total. The minimum atomic E-state index is -0.395. The van der Waals surface area contributed by atoms with Crippen LogP contribution in [0.1, 0.15) is 46.0 Å². The molecule has 2 nitrogen and oxygen atoms in total. The SMILES string of the molecule is CC1CCC2(CC1)COC(=O)C1(C)CC=CC=C21. The van der Waals surface area contributed by atoms with Crippen molar-refractivity contribution in [3.63, 3.8) is 0 Å². The fraction of sp³-hybridized carbons (Fsp3) is 0.688. The van der Waals surface area contributed by atoms with E-state index in [1.165, 1.54) is 31.3 Å². The van der Waals surface area contributed by atoms with E-state index in [0.717, 1.165) is 12.3 Å². The van der Waals surface area contributed by atoms with Crippen LogP contribution in [-0.2, 0) is 9.53 Å². The first-order valence-electron chi connectivity index (χ1n) is 7.12. The van der Waals surface area contributed by atoms with Gasteiger partial charge in [-0.3, -0.25) is 4.79 Å². The highest BCUT2D eigenvalue weighted by Gasteiger charge is 2.53. The van der Waals surface area contributed by atoms with E-state index in [0.29, 0.717) is 6.61 Å². The van der Waals surface area contributed by atoms with Gasteiger partial charge in [0.15, 0.2) is 0 Å². The van der Waals surface area contributed by atoms with Crippen molar-refractivity contribution >= 4 is 5.97 Å². The fourth-order valence-corrected chi connectivity index (χ4v) is 3.89. The van der Waals surface area contributed by atoms with E-state index in [1.54, 1.807) is 0 Å². The molecule has 1 saturated heterocycles. The van der Waals surface area contributed by atoms with Gasteiger partial charge in [0, 0.05) is 5.41 Å². The number of ether oxygens (including phenoxy) is 1. The van der Waals surface area contributed by atoms with Crippen molar-refractivity contribution in [2.45, 2.75) is 46.0 Å². The summed E-state index contributed by atoms with van der Waals surface area (Å²) >= 11 is 0. The van der Waals surface area contributed by atoms with Crippen molar-refractivity contribution in [2.24, 2.45) is 16.7 Å². The summed E-state index contributed by atoms with van der Waals surface area (Å²) < 4.78 is 5.57. The Kier molecular flexibility index (Phi) is 2.65. The van der Waals surface area contributed by atoms with E-state index < -0.39 is 5.41 Å². The van der Waals surface area contributed by atoms with Gasteiger partial charge in [-0.1, -0.05) is 25.2 Å². The Bertz CT molecular complexity index is 424. The molecule has 2 fully saturated rings. The van der Waals surface area contributed by atoms with Crippen molar-refractivity contribution in [2.75, 3.05) is 6.61 Å². The maximum absolute atomic E-state index is 12.1. The highest BCUT2D eigenvalue weighted by atomic mass is 16.5. The minimum absolute atomic E-state index is 0.0256. The zero-order chi connectivity index (χ0) is 12.8. The van der Waals surface area contributed by atoms with E-state index >= 15 is 0 Å². The lowest BCUT2D eigenvalue weighted by molar-refractivity contribution is -0.164. The zero-order valence-corrected chi connectivity index (χ0v) is 11.4. The van der Waals surface area contributed by atoms with Crippen LogP contribution in [0, 0.1) is 16.7 Å². The molecule has 98 valence electrons. The molecule has 2 heteroatoms. The first-order chi connectivity index (χ1) is 8.57. The third-order valence-electron chi connectivity index (χ3n) is 5.25. The van der Waals surface area contributed by atoms with Gasteiger partial charge in [0.05, 0.1) is 5.41 Å². The molecular formula is C16H22O2. The molecule has 18 heavy (non-hydrogen) atoms. The summed E-state index contributed by atoms with van der Waals surface area (Å²) in [6.45, 7) is 4.99. The van der Waals surface area contributed by atoms with Crippen LogP contribution in [0.15, 0.2) is 23.8 Å². The first-order valence-corrected chi connectivity index (χ1v) is 7.12. The van der Waals surface area contributed by atoms with Crippen LogP contribution >= 0.6 is 0 Å². The molecule has 0 aromatic rings. The zero-order valence-electron chi connectivity index (χ0n) is 11.4. The lowest BCUT2D eigenvalue weighted by atomic mass is 9.57. The molecule has 0 aromatic carbocycles. The molecular weight excluding hydrogens is 224 g/mol. The highest BCUT2D eigenvalue weighted by Crippen LogP contribution is 2.55. The smallest absolute Gasteiger partial charge is 0.316 e. The maximum Gasteiger partial charge on any atom is 0.316 e. The Balaban J connectivity index is 1.99. The second-order valence-electron chi connectivity index (χ2n) is 6.58. The molecule has 0 aromatic heterocycles. The third kappa shape index (κ3) is 1.58. The number of hydrogen-bond acceptors (Lipinski definition) is 2. The molecule has 3 aliphatic rings. The molecule has 1 spiro atoms. The summed E-state index contributed by atoms with van der Waals surface area (Å²) in [6.07, 6.45) is 12.1. The number of esters is 1. The number of cyclic esters (lactones) is 1. The van der Waals surface area contributed by atoms with Crippen LogP contribution in [0.25, 0.3) is 0 Å². The van der Waals surface area contributed by atoms with Gasteiger partial charge in [-0.15, -0.1) is 0 Å². The standard InChI is InChI=1S/C16H22O2/c1-12-6-9-16(10-7-12)11-18-14(17)15(2)8-4-3-5-13(15)16/h3-5,12H,6-11H2,1-2H3. The summed E-state index contributed by atoms with van der Waals surface area (Å²) in [6, 6.07) is 0. The Morgan fingerprint density at radius 2 is 2.06 bits per heavy atom. The van der Waals surface area contributed by atoms with Gasteiger partial charge in [0.25, 0.3) is 0 Å². The van der Waals surface area contributed by atoms with E-state index in [2.05, 4.69) is 32.1 Å². The lowest BCUT2D eigenvalue weighted by Crippen LogP contribution is -2.50. The summed E-state index contributed by atoms with van der Waals surface area (Å²) in [5.41, 5.74) is 1.09. The number of carbonyl (C=O) groups is 1. The summed E-state index contributed by atoms with van der Waals surface area (Å²) in [7, 11) is 0. The average molecular weight is 246 g/mol. The summed E-state index contributed by atoms with van der Waals surface area (Å²) in [5.74, 6) is 0.793. The molecule has 0 bridgehead atoms. The molecule has 2 aliphatic carbocycles. The van der Waals surface area contributed by atoms with Gasteiger partial charge in [0.1, 0.15) is 6.61 Å². The molecule has 1 aliphatic heterocycles. The van der Waals surface area contributed by atoms with Gasteiger partial charge in [-0.05, 0) is 50.5 Å². The Morgan fingerprint density at radius 1 is 1.33 bits per heavy atom. The minimum Gasteiger partial charge on any atom is -0.464 e. The van der Waals surface area contributed by atoms with Gasteiger partial charge in [-0.25, -0.2) is 0 Å². The normalized spacial score (nSPS) is 43.3. The van der Waals surface area contributed by atoms with E-state index in [1.807, 2.05) is 0 Å². The fourth-order valence-electron chi connectivity index (χ4n) is 3.89. The van der Waals surface area contributed by atoms with Crippen molar-refractivity contribution in [3.05, 3.63) is 23.8 Å². The van der Waals surface area contributed by atoms with Crippen molar-refractivity contribution < 1.29 is 9.53 Å². The first kappa shape index (κ1) is 12.0. The van der Waals surface area contributed by atoms with Gasteiger partial charge < -0.3 is 4.74 Å². The number of carbonyl (C=O) groups excluding carboxylic acids is 1. The monoisotopic (exact) mass is 246 g/mol. The van der Waals surface area contributed by atoms with Crippen molar-refractivity contribution in [1.82, 2.24) is 0 Å². The van der Waals surface area contributed by atoms with Crippen LogP contribution in [0.5, 0.6) is 0 Å². The van der Waals surface area contributed by atoms with Crippen LogP contribution in [0.2, 0.25) is 0 Å². The topological polar surface area (TPSA) is 26.3 Å². The molecule has 1 heterocycles. The molecule has 1 unspecified atom stereocenters. The summed E-state index contributed by atoms with van der Waals surface area (Å²) in [5, 5.41) is 0. The number of fused-ring (bicyclic) bond motifs is 2. The number of hydrogen-bond donors (Lipinski definition) is 0. The lowest BCUT2D eigenvalue weighted by Gasteiger charge is -2.50. The summed E-state index contributed by atoms with van der Waals surface area (Å²) in [4.78, 5) is 12.1. The number of rotatable bonds is 0. The molecule has 3 rings (SSSR count). The van der Waals surface area contributed by atoms with E-state index in [9.17, 15) is 4.79 Å². The van der Waals surface area contributed by atoms with Crippen LogP contribution in [0.3, 0.4) is 0 Å². The molecule has 0 radical (unpaired) electrons. The van der Waals surface area contributed by atoms with Gasteiger partial charge >= 0.3 is 5.97 Å². The predicted octanol–water partition coefficient (Wildman–Crippen LogP) is 3.63. The maximum atomic E-state index is 12.1. The van der Waals surface area contributed by atoms with Gasteiger partial charge in [0.2, 0.25) is 0 Å². The second kappa shape index (κ2) is 3.97. The number of allylic oxidation sites excluding steroid dienone is 3. The largest absolute Gasteiger partial charge is 0.464 e. The predicted molar refractivity (Wildman–Crippen MR) is 71.0 cm³/mol. The second-order valence-corrected chi connectivity index (χ2v) is 6.58.